The van der Waals surface area contributed by atoms with E-state index in [-0.39, 0.29) is 0 Å². The predicted octanol–water partition coefficient (Wildman–Crippen LogP) is 5.32. The molecule has 25 heavy (non-hydrogen) atoms. The first-order valence-electron chi connectivity index (χ1n) is 8.07. The molecular weight excluding hydrogens is 346 g/mol. The first kappa shape index (κ1) is 16.3. The molecule has 0 radical (unpaired) electrons. The summed E-state index contributed by atoms with van der Waals surface area (Å²) in [6.07, 6.45) is 0. The van der Waals surface area contributed by atoms with Gasteiger partial charge in [0.1, 0.15) is 5.60 Å². The van der Waals surface area contributed by atoms with Crippen LogP contribution in [0.5, 0.6) is 0 Å². The van der Waals surface area contributed by atoms with E-state index in [1.54, 1.807) is 23.1 Å². The van der Waals surface area contributed by atoms with Crippen LogP contribution in [0.3, 0.4) is 0 Å². The number of hydrogen-bond donors (Lipinski definition) is 1. The molecule has 0 amide bonds. The van der Waals surface area contributed by atoms with E-state index >= 15 is 0 Å². The zero-order valence-corrected chi connectivity index (χ0v) is 15.1. The Morgan fingerprint density at radius 3 is 1.96 bits per heavy atom. The minimum absolute atomic E-state index is 0.515. The van der Waals surface area contributed by atoms with Gasteiger partial charge in [-0.15, -0.1) is 11.3 Å². The molecule has 1 N–H and O–H groups in total. The molecule has 0 saturated carbocycles. The van der Waals surface area contributed by atoms with E-state index in [1.165, 1.54) is 4.70 Å². The van der Waals surface area contributed by atoms with Gasteiger partial charge in [-0.1, -0.05) is 84.6 Å². The van der Waals surface area contributed by atoms with E-state index in [0.717, 1.165) is 21.0 Å². The normalized spacial score (nSPS) is 11.7. The van der Waals surface area contributed by atoms with E-state index in [4.69, 9.17) is 0 Å². The van der Waals surface area contributed by atoms with Crippen LogP contribution in [0, 0.1) is 0 Å². The van der Waals surface area contributed by atoms with Crippen molar-refractivity contribution in [3.63, 3.8) is 0 Å². The fraction of sp³-hybridized carbons (Fsp3) is 0.0952. The molecule has 0 aliphatic carbocycles. The highest BCUT2D eigenvalue weighted by atomic mass is 32.2. The van der Waals surface area contributed by atoms with Gasteiger partial charge >= 0.3 is 0 Å². The quantitative estimate of drug-likeness (QED) is 0.487. The van der Waals surface area contributed by atoms with Crippen molar-refractivity contribution in [1.29, 1.82) is 0 Å². The lowest BCUT2D eigenvalue weighted by atomic mass is 9.88. The second-order valence-corrected chi connectivity index (χ2v) is 8.08. The van der Waals surface area contributed by atoms with Gasteiger partial charge in [0.25, 0.3) is 0 Å². The molecule has 0 fully saturated rings. The largest absolute Gasteiger partial charge is 0.380 e. The van der Waals surface area contributed by atoms with Gasteiger partial charge in [0.15, 0.2) is 4.34 Å². The maximum absolute atomic E-state index is 11.5. The van der Waals surface area contributed by atoms with Crippen LogP contribution < -0.4 is 0 Å². The standard InChI is InChI=1S/C21H17NOS2/c23-21(16-9-3-1-4-10-16,17-11-5-2-6-12-17)15-24-20-22-18-13-7-8-14-19(18)25-20/h1-14,23H,15H2. The maximum atomic E-state index is 11.5. The number of fused-ring (bicyclic) bond motifs is 1. The van der Waals surface area contributed by atoms with Crippen LogP contribution in [0.2, 0.25) is 0 Å². The highest BCUT2D eigenvalue weighted by Crippen LogP contribution is 2.37. The van der Waals surface area contributed by atoms with Gasteiger partial charge in [-0.2, -0.15) is 0 Å². The number of nitrogens with zero attached hydrogens (tertiary/aromatic N) is 1. The fourth-order valence-corrected chi connectivity index (χ4v) is 5.05. The molecule has 4 aromatic rings. The van der Waals surface area contributed by atoms with Crippen LogP contribution >= 0.6 is 23.1 Å². The summed E-state index contributed by atoms with van der Waals surface area (Å²) in [6, 6.07) is 27.8. The first-order chi connectivity index (χ1) is 12.3. The molecule has 0 aliphatic rings. The van der Waals surface area contributed by atoms with Crippen molar-refractivity contribution < 1.29 is 5.11 Å². The number of rotatable bonds is 5. The summed E-state index contributed by atoms with van der Waals surface area (Å²) in [4.78, 5) is 4.67. The molecule has 0 unspecified atom stereocenters. The number of para-hydroxylation sites is 1. The van der Waals surface area contributed by atoms with Gasteiger partial charge in [0.05, 0.1) is 10.2 Å². The van der Waals surface area contributed by atoms with Crippen molar-refractivity contribution in [2.75, 3.05) is 5.75 Å². The average Bonchev–Trinajstić information content (AvgIpc) is 3.10. The van der Waals surface area contributed by atoms with E-state index < -0.39 is 5.60 Å². The van der Waals surface area contributed by atoms with Crippen molar-refractivity contribution in [3.05, 3.63) is 96.1 Å². The lowest BCUT2D eigenvalue weighted by Crippen LogP contribution is -2.30. The number of thiazole rings is 1. The lowest BCUT2D eigenvalue weighted by molar-refractivity contribution is 0.107. The van der Waals surface area contributed by atoms with Crippen molar-refractivity contribution in [2.24, 2.45) is 0 Å². The van der Waals surface area contributed by atoms with Crippen molar-refractivity contribution in [1.82, 2.24) is 4.98 Å². The maximum Gasteiger partial charge on any atom is 0.151 e. The lowest BCUT2D eigenvalue weighted by Gasteiger charge is -2.28. The van der Waals surface area contributed by atoms with E-state index in [0.29, 0.717) is 5.75 Å². The molecule has 4 heteroatoms. The zero-order chi connectivity index (χ0) is 17.1. The van der Waals surface area contributed by atoms with Crippen LogP contribution in [0.15, 0.2) is 89.3 Å². The van der Waals surface area contributed by atoms with Crippen molar-refractivity contribution in [3.8, 4) is 0 Å². The monoisotopic (exact) mass is 363 g/mol. The van der Waals surface area contributed by atoms with Crippen LogP contribution in [-0.4, -0.2) is 15.8 Å². The summed E-state index contributed by atoms with van der Waals surface area (Å²) in [6.45, 7) is 0. The summed E-state index contributed by atoms with van der Waals surface area (Å²) < 4.78 is 2.15. The summed E-state index contributed by atoms with van der Waals surface area (Å²) in [7, 11) is 0. The Morgan fingerprint density at radius 1 is 0.800 bits per heavy atom. The Balaban J connectivity index is 1.67. The second kappa shape index (κ2) is 7.00. The molecule has 3 aromatic carbocycles. The van der Waals surface area contributed by atoms with Gasteiger partial charge in [-0.25, -0.2) is 4.98 Å². The van der Waals surface area contributed by atoms with E-state index in [9.17, 15) is 5.11 Å². The smallest absolute Gasteiger partial charge is 0.151 e. The van der Waals surface area contributed by atoms with Gasteiger partial charge in [-0.3, -0.25) is 0 Å². The van der Waals surface area contributed by atoms with Crippen LogP contribution in [0.1, 0.15) is 11.1 Å². The molecule has 4 rings (SSSR count). The van der Waals surface area contributed by atoms with Crippen LogP contribution in [0.25, 0.3) is 10.2 Å². The van der Waals surface area contributed by atoms with Crippen LogP contribution in [0.4, 0.5) is 0 Å². The molecule has 0 saturated heterocycles. The summed E-state index contributed by atoms with van der Waals surface area (Å²) in [5.41, 5.74) is 1.76. The second-order valence-electron chi connectivity index (χ2n) is 5.83. The highest BCUT2D eigenvalue weighted by molar-refractivity contribution is 8.01. The molecule has 124 valence electrons. The van der Waals surface area contributed by atoms with E-state index in [1.807, 2.05) is 78.9 Å². The minimum Gasteiger partial charge on any atom is -0.380 e. The Bertz CT molecular complexity index is 894. The van der Waals surface area contributed by atoms with Crippen LogP contribution in [-0.2, 0) is 5.60 Å². The fourth-order valence-electron chi connectivity index (χ4n) is 2.84. The number of aromatic nitrogens is 1. The Morgan fingerprint density at radius 2 is 1.36 bits per heavy atom. The molecule has 0 atom stereocenters. The predicted molar refractivity (Wildman–Crippen MR) is 106 cm³/mol. The molecule has 0 bridgehead atoms. The summed E-state index contributed by atoms with van der Waals surface area (Å²) in [5.74, 6) is 0.515. The Kier molecular flexibility index (Phi) is 4.57. The third kappa shape index (κ3) is 3.33. The molecule has 1 aromatic heterocycles. The van der Waals surface area contributed by atoms with Gasteiger partial charge in [-0.05, 0) is 23.3 Å². The molecule has 0 aliphatic heterocycles. The molecular formula is C21H17NOS2. The van der Waals surface area contributed by atoms with Gasteiger partial charge in [0.2, 0.25) is 0 Å². The molecule has 2 nitrogen and oxygen atoms in total. The molecule has 1 heterocycles. The zero-order valence-electron chi connectivity index (χ0n) is 13.5. The van der Waals surface area contributed by atoms with Crippen molar-refractivity contribution >= 4 is 33.3 Å². The highest BCUT2D eigenvalue weighted by Gasteiger charge is 2.31. The van der Waals surface area contributed by atoms with Gasteiger partial charge in [0, 0.05) is 5.75 Å². The third-order valence-corrected chi connectivity index (χ3v) is 6.52. The minimum atomic E-state index is -1.05. The number of aliphatic hydroxyl groups is 1. The van der Waals surface area contributed by atoms with Gasteiger partial charge < -0.3 is 5.11 Å². The topological polar surface area (TPSA) is 33.1 Å². The SMILES string of the molecule is OC(CSc1nc2ccccc2s1)(c1ccccc1)c1ccccc1. The first-order valence-corrected chi connectivity index (χ1v) is 9.88. The number of hydrogen-bond acceptors (Lipinski definition) is 4. The Hall–Kier alpha value is -2.14. The average molecular weight is 364 g/mol. The molecule has 0 spiro atoms. The van der Waals surface area contributed by atoms with Crippen molar-refractivity contribution in [2.45, 2.75) is 9.94 Å². The summed E-state index contributed by atoms with van der Waals surface area (Å²) in [5, 5.41) is 11.5. The number of benzene rings is 3. The summed E-state index contributed by atoms with van der Waals surface area (Å²) >= 11 is 3.27. The Labute approximate surface area is 155 Å². The number of thioether (sulfide) groups is 1. The third-order valence-electron chi connectivity index (χ3n) is 4.18. The van der Waals surface area contributed by atoms with E-state index in [2.05, 4.69) is 11.1 Å².